The Morgan fingerprint density at radius 1 is 1.04 bits per heavy atom. The third-order valence-electron chi connectivity index (χ3n) is 3.26. The van der Waals surface area contributed by atoms with Crippen LogP contribution < -0.4 is 4.46 Å². The molecule has 0 aliphatic heterocycles. The molecule has 0 saturated carbocycles. The summed E-state index contributed by atoms with van der Waals surface area (Å²) in [4.78, 5) is 0. The van der Waals surface area contributed by atoms with Crippen LogP contribution in [0, 0.1) is 17.3 Å². The average Bonchev–Trinajstić information content (AvgIpc) is 2.59. The van der Waals surface area contributed by atoms with Crippen molar-refractivity contribution in [3.05, 3.63) is 70.7 Å². The van der Waals surface area contributed by atoms with Crippen LogP contribution in [0.4, 0.5) is 0 Å². The molecule has 0 N–H and O–H groups in total. The summed E-state index contributed by atoms with van der Waals surface area (Å²) >= 11 is 0.170. The van der Waals surface area contributed by atoms with E-state index in [4.69, 9.17) is 4.74 Å². The van der Waals surface area contributed by atoms with Gasteiger partial charge >= 0.3 is 159 Å². The van der Waals surface area contributed by atoms with E-state index >= 15 is 0 Å². The number of rotatable bonds is 6. The molecule has 1 unspecified atom stereocenters. The summed E-state index contributed by atoms with van der Waals surface area (Å²) in [6.07, 6.45) is 2.08. The van der Waals surface area contributed by atoms with E-state index in [2.05, 4.69) is 93.3 Å². The van der Waals surface area contributed by atoms with Gasteiger partial charge in [-0.3, -0.25) is 0 Å². The molecular weight excluding hydrogens is 371 g/mol. The summed E-state index contributed by atoms with van der Waals surface area (Å²) in [6, 6.07) is 21.0. The first-order chi connectivity index (χ1) is 12.0. The number of hydrogen-bond acceptors (Lipinski definition) is 1. The van der Waals surface area contributed by atoms with E-state index in [0.29, 0.717) is 6.61 Å². The Balaban J connectivity index is 2.39. The molecule has 0 aromatic heterocycles. The van der Waals surface area contributed by atoms with Crippen molar-refractivity contribution in [3.63, 3.8) is 0 Å². The van der Waals surface area contributed by atoms with Gasteiger partial charge in [0.1, 0.15) is 0 Å². The molecule has 2 heteroatoms. The Kier molecular flexibility index (Phi) is 7.53. The monoisotopic (exact) mass is 398 g/mol. The van der Waals surface area contributed by atoms with Gasteiger partial charge in [-0.15, -0.1) is 0 Å². The normalized spacial score (nSPS) is 13.0. The van der Waals surface area contributed by atoms with Crippen LogP contribution in [0.5, 0.6) is 0 Å². The molecule has 2 rings (SSSR count). The van der Waals surface area contributed by atoms with Crippen LogP contribution in [0.25, 0.3) is 6.08 Å². The molecule has 1 nitrogen and oxygen atoms in total. The Labute approximate surface area is 158 Å². The third-order valence-corrected chi connectivity index (χ3v) is 5.51. The van der Waals surface area contributed by atoms with Crippen LogP contribution in [0.15, 0.2) is 65.1 Å². The predicted octanol–water partition coefficient (Wildman–Crippen LogP) is 4.51. The first kappa shape index (κ1) is 19.5. The van der Waals surface area contributed by atoms with E-state index in [-0.39, 0.29) is 26.5 Å². The van der Waals surface area contributed by atoms with Gasteiger partial charge in [-0.1, -0.05) is 0 Å². The Morgan fingerprint density at radius 3 is 2.20 bits per heavy atom. The molecule has 0 bridgehead atoms. The van der Waals surface area contributed by atoms with Gasteiger partial charge < -0.3 is 0 Å². The van der Waals surface area contributed by atoms with Crippen molar-refractivity contribution < 1.29 is 4.74 Å². The Bertz CT molecular complexity index is 730. The topological polar surface area (TPSA) is 9.23 Å². The summed E-state index contributed by atoms with van der Waals surface area (Å²) in [6.45, 7) is 9.08. The number of hydrogen-bond donors (Lipinski definition) is 0. The first-order valence-electron chi connectivity index (χ1n) is 8.62. The molecule has 25 heavy (non-hydrogen) atoms. The summed E-state index contributed by atoms with van der Waals surface area (Å²) in [7, 11) is 0. The van der Waals surface area contributed by atoms with Gasteiger partial charge in [0.25, 0.3) is 0 Å². The number of ether oxygens (including phenoxy) is 1. The van der Waals surface area contributed by atoms with Crippen LogP contribution in [-0.2, 0) is 4.74 Å². The van der Waals surface area contributed by atoms with E-state index in [0.717, 1.165) is 0 Å². The molecule has 0 spiro atoms. The molecule has 1 atom stereocenters. The quantitative estimate of drug-likeness (QED) is 0.515. The molecular formula is C23H26OSe. The van der Waals surface area contributed by atoms with Gasteiger partial charge in [0.05, 0.1) is 0 Å². The second kappa shape index (κ2) is 9.64. The summed E-state index contributed by atoms with van der Waals surface area (Å²) in [5.74, 6) is 6.73. The van der Waals surface area contributed by atoms with Gasteiger partial charge in [0.2, 0.25) is 0 Å². The van der Waals surface area contributed by atoms with Crippen LogP contribution in [0.2, 0.25) is 0 Å². The zero-order valence-electron chi connectivity index (χ0n) is 15.5. The van der Waals surface area contributed by atoms with Crippen molar-refractivity contribution in [2.24, 2.45) is 5.41 Å². The molecule has 130 valence electrons. The molecule has 0 fully saturated rings. The SMILES string of the molecule is CCOC(C#CC(C)(C)C)/C(=C/c1ccccc1)[Se]c1ccccc1. The molecule has 0 radical (unpaired) electrons. The predicted molar refractivity (Wildman–Crippen MR) is 109 cm³/mol. The van der Waals surface area contributed by atoms with Crippen LogP contribution in [0.3, 0.4) is 0 Å². The van der Waals surface area contributed by atoms with E-state index in [1.807, 2.05) is 13.0 Å². The zero-order valence-corrected chi connectivity index (χ0v) is 17.2. The van der Waals surface area contributed by atoms with Crippen molar-refractivity contribution in [1.82, 2.24) is 0 Å². The molecule has 0 heterocycles. The Hall–Kier alpha value is -1.78. The van der Waals surface area contributed by atoms with E-state index < -0.39 is 0 Å². The summed E-state index contributed by atoms with van der Waals surface area (Å²) in [5, 5.41) is 0. The molecule has 2 aromatic carbocycles. The third kappa shape index (κ3) is 7.32. The average molecular weight is 397 g/mol. The van der Waals surface area contributed by atoms with E-state index in [9.17, 15) is 0 Å². The van der Waals surface area contributed by atoms with Gasteiger partial charge in [-0.05, 0) is 0 Å². The van der Waals surface area contributed by atoms with Crippen molar-refractivity contribution in [3.8, 4) is 11.8 Å². The zero-order chi connectivity index (χ0) is 18.1. The molecule has 0 saturated heterocycles. The van der Waals surface area contributed by atoms with Crippen molar-refractivity contribution in [1.29, 1.82) is 0 Å². The minimum absolute atomic E-state index is 0.0348. The van der Waals surface area contributed by atoms with Crippen LogP contribution in [0.1, 0.15) is 33.3 Å². The van der Waals surface area contributed by atoms with Crippen LogP contribution in [-0.4, -0.2) is 27.7 Å². The second-order valence-corrected chi connectivity index (χ2v) is 9.13. The van der Waals surface area contributed by atoms with Crippen LogP contribution >= 0.6 is 0 Å². The number of benzene rings is 2. The standard InChI is InChI=1S/C23H26OSe/c1-5-24-21(16-17-23(2,3)4)22(18-19-12-8-6-9-13-19)25-20-14-10-7-11-15-20/h6-15,18,21H,5H2,1-4H3/b22-18-. The second-order valence-electron chi connectivity index (χ2n) is 6.73. The summed E-state index contributed by atoms with van der Waals surface area (Å²) in [5.41, 5.74) is 1.16. The maximum absolute atomic E-state index is 6.02. The van der Waals surface area contributed by atoms with Gasteiger partial charge in [0, 0.05) is 0 Å². The van der Waals surface area contributed by atoms with Crippen molar-refractivity contribution in [2.75, 3.05) is 6.61 Å². The Morgan fingerprint density at radius 2 is 1.64 bits per heavy atom. The fraction of sp³-hybridized carbons (Fsp3) is 0.304. The van der Waals surface area contributed by atoms with Gasteiger partial charge in [0.15, 0.2) is 0 Å². The fourth-order valence-corrected chi connectivity index (χ4v) is 4.23. The minimum atomic E-state index is -0.162. The molecule has 0 amide bonds. The summed E-state index contributed by atoms with van der Waals surface area (Å²) < 4.78 is 8.60. The van der Waals surface area contributed by atoms with E-state index in [1.165, 1.54) is 14.5 Å². The van der Waals surface area contributed by atoms with E-state index in [1.54, 1.807) is 0 Å². The van der Waals surface area contributed by atoms with Crippen molar-refractivity contribution >= 4 is 25.5 Å². The maximum atomic E-state index is 6.02. The first-order valence-corrected chi connectivity index (χ1v) is 10.3. The van der Waals surface area contributed by atoms with Gasteiger partial charge in [-0.2, -0.15) is 0 Å². The molecule has 2 aromatic rings. The molecule has 0 aliphatic carbocycles. The van der Waals surface area contributed by atoms with Gasteiger partial charge in [-0.25, -0.2) is 0 Å². The van der Waals surface area contributed by atoms with Crippen molar-refractivity contribution in [2.45, 2.75) is 33.8 Å². The molecule has 0 aliphatic rings. The fourth-order valence-electron chi connectivity index (χ4n) is 2.14.